The summed E-state index contributed by atoms with van der Waals surface area (Å²) in [6.07, 6.45) is 4.95. The number of unbranched alkanes of at least 4 members (excludes halogenated alkanes) is 2. The molecule has 0 saturated heterocycles. The Labute approximate surface area is 106 Å². The molecule has 0 saturated carbocycles. The SMILES string of the molecule is CCCCCN(C)CCC(N)c1ccccc1. The first kappa shape index (κ1) is 14.2. The van der Waals surface area contributed by atoms with Gasteiger partial charge in [-0.2, -0.15) is 0 Å². The zero-order valence-electron chi connectivity index (χ0n) is 11.2. The molecule has 2 heteroatoms. The number of hydrogen-bond donors (Lipinski definition) is 1. The fraction of sp³-hybridized carbons (Fsp3) is 0.600. The molecule has 0 fully saturated rings. The van der Waals surface area contributed by atoms with Gasteiger partial charge in [0, 0.05) is 6.04 Å². The van der Waals surface area contributed by atoms with Gasteiger partial charge in [0.15, 0.2) is 0 Å². The minimum absolute atomic E-state index is 0.171. The average molecular weight is 234 g/mol. The number of nitrogens with zero attached hydrogens (tertiary/aromatic N) is 1. The van der Waals surface area contributed by atoms with Crippen LogP contribution in [-0.2, 0) is 0 Å². The summed E-state index contributed by atoms with van der Waals surface area (Å²) in [5, 5.41) is 0. The summed E-state index contributed by atoms with van der Waals surface area (Å²) in [6, 6.07) is 10.5. The van der Waals surface area contributed by atoms with Gasteiger partial charge < -0.3 is 10.6 Å². The lowest BCUT2D eigenvalue weighted by Gasteiger charge is -2.19. The third-order valence-corrected chi connectivity index (χ3v) is 3.19. The van der Waals surface area contributed by atoms with Crippen molar-refractivity contribution in [3.63, 3.8) is 0 Å². The van der Waals surface area contributed by atoms with Crippen molar-refractivity contribution in [2.75, 3.05) is 20.1 Å². The molecule has 0 aromatic heterocycles. The Morgan fingerprint density at radius 3 is 2.47 bits per heavy atom. The van der Waals surface area contributed by atoms with Gasteiger partial charge in [-0.3, -0.25) is 0 Å². The first-order valence-corrected chi connectivity index (χ1v) is 6.73. The van der Waals surface area contributed by atoms with Gasteiger partial charge in [0.05, 0.1) is 0 Å². The summed E-state index contributed by atoms with van der Waals surface area (Å²) in [4.78, 5) is 2.39. The van der Waals surface area contributed by atoms with Gasteiger partial charge >= 0.3 is 0 Å². The second-order valence-electron chi connectivity index (χ2n) is 4.82. The van der Waals surface area contributed by atoms with Crippen LogP contribution >= 0.6 is 0 Å². The number of benzene rings is 1. The highest BCUT2D eigenvalue weighted by Crippen LogP contribution is 2.13. The quantitative estimate of drug-likeness (QED) is 0.700. The fourth-order valence-corrected chi connectivity index (χ4v) is 1.97. The molecule has 0 bridgehead atoms. The van der Waals surface area contributed by atoms with Crippen LogP contribution in [0.1, 0.15) is 44.2 Å². The molecule has 0 spiro atoms. The molecule has 1 rings (SSSR count). The summed E-state index contributed by atoms with van der Waals surface area (Å²) in [7, 11) is 2.19. The molecule has 17 heavy (non-hydrogen) atoms. The Morgan fingerprint density at radius 2 is 1.82 bits per heavy atom. The summed E-state index contributed by atoms with van der Waals surface area (Å²) < 4.78 is 0. The molecule has 2 N–H and O–H groups in total. The number of rotatable bonds is 8. The van der Waals surface area contributed by atoms with Crippen molar-refractivity contribution in [2.24, 2.45) is 5.73 Å². The topological polar surface area (TPSA) is 29.3 Å². The van der Waals surface area contributed by atoms with Crippen molar-refractivity contribution >= 4 is 0 Å². The highest BCUT2D eigenvalue weighted by Gasteiger charge is 2.06. The third kappa shape index (κ3) is 5.85. The van der Waals surface area contributed by atoms with Crippen LogP contribution in [0.25, 0.3) is 0 Å². The predicted molar refractivity (Wildman–Crippen MR) is 75.0 cm³/mol. The van der Waals surface area contributed by atoms with Crippen molar-refractivity contribution in [3.8, 4) is 0 Å². The fourth-order valence-electron chi connectivity index (χ4n) is 1.97. The lowest BCUT2D eigenvalue weighted by atomic mass is 10.0. The highest BCUT2D eigenvalue weighted by molar-refractivity contribution is 5.18. The Balaban J connectivity index is 2.21. The highest BCUT2D eigenvalue weighted by atomic mass is 15.1. The van der Waals surface area contributed by atoms with Gasteiger partial charge in [-0.25, -0.2) is 0 Å². The second-order valence-corrected chi connectivity index (χ2v) is 4.82. The maximum atomic E-state index is 6.17. The molecular formula is C15H26N2. The van der Waals surface area contributed by atoms with Crippen LogP contribution in [0.4, 0.5) is 0 Å². The van der Waals surface area contributed by atoms with E-state index in [-0.39, 0.29) is 6.04 Å². The molecule has 0 aliphatic rings. The van der Waals surface area contributed by atoms with Crippen molar-refractivity contribution in [3.05, 3.63) is 35.9 Å². The minimum atomic E-state index is 0.171. The molecule has 0 heterocycles. The molecule has 0 amide bonds. The third-order valence-electron chi connectivity index (χ3n) is 3.19. The van der Waals surface area contributed by atoms with E-state index in [9.17, 15) is 0 Å². The molecule has 0 aliphatic heterocycles. The smallest absolute Gasteiger partial charge is 0.0307 e. The van der Waals surface area contributed by atoms with Gasteiger partial charge in [-0.15, -0.1) is 0 Å². The van der Waals surface area contributed by atoms with E-state index in [0.29, 0.717) is 0 Å². The van der Waals surface area contributed by atoms with E-state index < -0.39 is 0 Å². The lowest BCUT2D eigenvalue weighted by Crippen LogP contribution is -2.24. The lowest BCUT2D eigenvalue weighted by molar-refractivity contribution is 0.311. The van der Waals surface area contributed by atoms with Gasteiger partial charge in [0.2, 0.25) is 0 Å². The molecule has 2 nitrogen and oxygen atoms in total. The van der Waals surface area contributed by atoms with E-state index in [0.717, 1.165) is 13.0 Å². The molecule has 0 radical (unpaired) electrons. The number of nitrogens with two attached hydrogens (primary N) is 1. The normalized spacial score (nSPS) is 12.9. The van der Waals surface area contributed by atoms with Crippen molar-refractivity contribution in [1.82, 2.24) is 4.90 Å². The largest absolute Gasteiger partial charge is 0.324 e. The standard InChI is InChI=1S/C15H26N2/c1-3-4-8-12-17(2)13-11-15(16)14-9-6-5-7-10-14/h5-7,9-10,15H,3-4,8,11-13,16H2,1-2H3. The van der Waals surface area contributed by atoms with Crippen LogP contribution in [-0.4, -0.2) is 25.0 Å². The minimum Gasteiger partial charge on any atom is -0.324 e. The summed E-state index contributed by atoms with van der Waals surface area (Å²) in [5.74, 6) is 0. The molecule has 1 aromatic rings. The maximum absolute atomic E-state index is 6.17. The van der Waals surface area contributed by atoms with Crippen molar-refractivity contribution in [2.45, 2.75) is 38.6 Å². The molecular weight excluding hydrogens is 208 g/mol. The summed E-state index contributed by atoms with van der Waals surface area (Å²) in [5.41, 5.74) is 7.42. The van der Waals surface area contributed by atoms with Crippen molar-refractivity contribution < 1.29 is 0 Å². The molecule has 1 aromatic carbocycles. The summed E-state index contributed by atoms with van der Waals surface area (Å²) >= 11 is 0. The van der Waals surface area contributed by atoms with E-state index in [1.54, 1.807) is 0 Å². The van der Waals surface area contributed by atoms with E-state index in [2.05, 4.69) is 43.1 Å². The molecule has 96 valence electrons. The first-order chi connectivity index (χ1) is 8.24. The first-order valence-electron chi connectivity index (χ1n) is 6.73. The monoisotopic (exact) mass is 234 g/mol. The van der Waals surface area contributed by atoms with E-state index in [4.69, 9.17) is 5.73 Å². The van der Waals surface area contributed by atoms with Crippen LogP contribution in [0, 0.1) is 0 Å². The second kappa shape index (κ2) is 8.26. The van der Waals surface area contributed by atoms with E-state index in [1.165, 1.54) is 31.4 Å². The summed E-state index contributed by atoms with van der Waals surface area (Å²) in [6.45, 7) is 4.51. The predicted octanol–water partition coefficient (Wildman–Crippen LogP) is 3.20. The van der Waals surface area contributed by atoms with E-state index in [1.807, 2.05) is 6.07 Å². The van der Waals surface area contributed by atoms with Gasteiger partial charge in [0.25, 0.3) is 0 Å². The molecule has 1 unspecified atom stereocenters. The van der Waals surface area contributed by atoms with Gasteiger partial charge in [-0.1, -0.05) is 50.1 Å². The Hall–Kier alpha value is -0.860. The average Bonchev–Trinajstić information content (AvgIpc) is 2.37. The Bertz CT molecular complexity index is 284. The van der Waals surface area contributed by atoms with Crippen LogP contribution in [0.5, 0.6) is 0 Å². The van der Waals surface area contributed by atoms with E-state index >= 15 is 0 Å². The zero-order valence-corrected chi connectivity index (χ0v) is 11.2. The van der Waals surface area contributed by atoms with Gasteiger partial charge in [0.1, 0.15) is 0 Å². The van der Waals surface area contributed by atoms with Gasteiger partial charge in [-0.05, 0) is 38.5 Å². The van der Waals surface area contributed by atoms with Crippen molar-refractivity contribution in [1.29, 1.82) is 0 Å². The molecule has 0 aliphatic carbocycles. The van der Waals surface area contributed by atoms with Crippen LogP contribution in [0.2, 0.25) is 0 Å². The molecule has 1 atom stereocenters. The Morgan fingerprint density at radius 1 is 1.12 bits per heavy atom. The number of hydrogen-bond acceptors (Lipinski definition) is 2. The zero-order chi connectivity index (χ0) is 12.5. The maximum Gasteiger partial charge on any atom is 0.0307 e. The Kier molecular flexibility index (Phi) is 6.90. The van der Waals surface area contributed by atoms with Crippen LogP contribution < -0.4 is 5.73 Å². The van der Waals surface area contributed by atoms with Crippen LogP contribution in [0.3, 0.4) is 0 Å². The van der Waals surface area contributed by atoms with Crippen LogP contribution in [0.15, 0.2) is 30.3 Å².